The normalized spacial score (nSPS) is 11.8. The zero-order valence-corrected chi connectivity index (χ0v) is 12.0. The lowest BCUT2D eigenvalue weighted by Gasteiger charge is -2.04. The van der Waals surface area contributed by atoms with Crippen molar-refractivity contribution in [2.24, 2.45) is 0 Å². The lowest BCUT2D eigenvalue weighted by Crippen LogP contribution is -1.98. The highest BCUT2D eigenvalue weighted by molar-refractivity contribution is 9.10. The van der Waals surface area contributed by atoms with Gasteiger partial charge in [-0.25, -0.2) is 9.78 Å². The third-order valence-corrected chi connectivity index (χ3v) is 3.93. The Morgan fingerprint density at radius 3 is 2.84 bits per heavy atom. The van der Waals surface area contributed by atoms with Gasteiger partial charge in [-0.2, -0.15) is 0 Å². The van der Waals surface area contributed by atoms with E-state index in [-0.39, 0.29) is 5.69 Å². The number of rotatable bonds is 2. The SMILES string of the molecule is CC(C)c1ccc2[nH]c3nc(C(=O)O)c(Br)n3c2c1. The Morgan fingerprint density at radius 1 is 1.47 bits per heavy atom. The summed E-state index contributed by atoms with van der Waals surface area (Å²) in [5.41, 5.74) is 3.08. The molecule has 0 saturated heterocycles. The van der Waals surface area contributed by atoms with E-state index in [1.54, 1.807) is 4.40 Å². The second kappa shape index (κ2) is 4.09. The van der Waals surface area contributed by atoms with E-state index < -0.39 is 5.97 Å². The van der Waals surface area contributed by atoms with Gasteiger partial charge in [0, 0.05) is 0 Å². The number of benzene rings is 1. The zero-order chi connectivity index (χ0) is 13.7. The zero-order valence-electron chi connectivity index (χ0n) is 10.4. The van der Waals surface area contributed by atoms with Gasteiger partial charge in [-0.1, -0.05) is 19.9 Å². The van der Waals surface area contributed by atoms with Gasteiger partial charge in [-0.05, 0) is 39.5 Å². The number of nitrogens with one attached hydrogen (secondary N) is 1. The van der Waals surface area contributed by atoms with Gasteiger partial charge >= 0.3 is 5.97 Å². The number of carboxylic acid groups (broad SMARTS) is 1. The Labute approximate surface area is 117 Å². The van der Waals surface area contributed by atoms with Gasteiger partial charge in [-0.3, -0.25) is 4.40 Å². The van der Waals surface area contributed by atoms with E-state index in [4.69, 9.17) is 5.11 Å². The number of aromatic carboxylic acids is 1. The Bertz CT molecular complexity index is 801. The number of hydrogen-bond acceptors (Lipinski definition) is 2. The maximum absolute atomic E-state index is 11.1. The van der Waals surface area contributed by atoms with Crippen LogP contribution in [-0.2, 0) is 0 Å². The minimum absolute atomic E-state index is 0.0168. The molecular weight excluding hydrogens is 310 g/mol. The van der Waals surface area contributed by atoms with Crippen LogP contribution in [0.3, 0.4) is 0 Å². The van der Waals surface area contributed by atoms with E-state index in [1.807, 2.05) is 6.07 Å². The maximum atomic E-state index is 11.1. The molecule has 0 spiro atoms. The quantitative estimate of drug-likeness (QED) is 0.760. The number of carboxylic acids is 1. The molecule has 0 atom stereocenters. The first-order chi connectivity index (χ1) is 8.99. The maximum Gasteiger partial charge on any atom is 0.357 e. The van der Waals surface area contributed by atoms with E-state index >= 15 is 0 Å². The number of imidazole rings is 2. The molecule has 0 fully saturated rings. The van der Waals surface area contributed by atoms with Gasteiger partial charge in [0.05, 0.1) is 11.0 Å². The molecule has 1 aromatic carbocycles. The fourth-order valence-electron chi connectivity index (χ4n) is 2.16. The average molecular weight is 322 g/mol. The summed E-state index contributed by atoms with van der Waals surface area (Å²) in [4.78, 5) is 18.3. The number of nitrogens with zero attached hydrogens (tertiary/aromatic N) is 2. The fourth-order valence-corrected chi connectivity index (χ4v) is 2.78. The van der Waals surface area contributed by atoms with Crippen LogP contribution < -0.4 is 0 Å². The molecule has 2 N–H and O–H groups in total. The van der Waals surface area contributed by atoms with Crippen LogP contribution in [0, 0.1) is 0 Å². The minimum Gasteiger partial charge on any atom is -0.476 e. The number of fused-ring (bicyclic) bond motifs is 3. The van der Waals surface area contributed by atoms with Crippen LogP contribution in [0.5, 0.6) is 0 Å². The molecule has 5 nitrogen and oxygen atoms in total. The van der Waals surface area contributed by atoms with Crippen molar-refractivity contribution in [1.82, 2.24) is 14.4 Å². The first kappa shape index (κ1) is 12.2. The van der Waals surface area contributed by atoms with Crippen LogP contribution in [0.25, 0.3) is 16.8 Å². The monoisotopic (exact) mass is 321 g/mol. The van der Waals surface area contributed by atoms with Crippen molar-refractivity contribution in [3.8, 4) is 0 Å². The minimum atomic E-state index is -1.04. The van der Waals surface area contributed by atoms with Gasteiger partial charge in [0.15, 0.2) is 5.69 Å². The Morgan fingerprint density at radius 2 is 2.21 bits per heavy atom. The summed E-state index contributed by atoms with van der Waals surface area (Å²) in [6.07, 6.45) is 0. The predicted octanol–water partition coefficient (Wildman–Crippen LogP) is 3.40. The molecule has 0 aliphatic rings. The summed E-state index contributed by atoms with van der Waals surface area (Å²) in [5, 5.41) is 9.08. The molecule has 0 amide bonds. The number of aromatic amines is 1. The number of carbonyl (C=O) groups is 1. The highest BCUT2D eigenvalue weighted by atomic mass is 79.9. The van der Waals surface area contributed by atoms with Crippen LogP contribution in [0.15, 0.2) is 22.8 Å². The van der Waals surface area contributed by atoms with E-state index in [0.29, 0.717) is 16.3 Å². The van der Waals surface area contributed by atoms with Crippen molar-refractivity contribution in [3.05, 3.63) is 34.1 Å². The Hall–Kier alpha value is -1.82. The van der Waals surface area contributed by atoms with Crippen molar-refractivity contribution in [1.29, 1.82) is 0 Å². The number of H-pyrrole nitrogens is 1. The van der Waals surface area contributed by atoms with Gasteiger partial charge < -0.3 is 10.1 Å². The highest BCUT2D eigenvalue weighted by Crippen LogP contribution is 2.27. The first-order valence-corrected chi connectivity index (χ1v) is 6.71. The third kappa shape index (κ3) is 1.74. The van der Waals surface area contributed by atoms with E-state index in [9.17, 15) is 4.79 Å². The average Bonchev–Trinajstić information content (AvgIpc) is 2.85. The summed E-state index contributed by atoms with van der Waals surface area (Å²) >= 11 is 3.31. The smallest absolute Gasteiger partial charge is 0.357 e. The van der Waals surface area contributed by atoms with E-state index in [1.165, 1.54) is 5.56 Å². The molecule has 0 saturated carbocycles. The molecule has 6 heteroatoms. The topological polar surface area (TPSA) is 70.4 Å². The van der Waals surface area contributed by atoms with Gasteiger partial charge in [0.25, 0.3) is 0 Å². The lowest BCUT2D eigenvalue weighted by atomic mass is 10.0. The summed E-state index contributed by atoms with van der Waals surface area (Å²) in [7, 11) is 0. The number of hydrogen-bond donors (Lipinski definition) is 2. The van der Waals surface area contributed by atoms with Crippen LogP contribution in [-0.4, -0.2) is 25.4 Å². The molecule has 0 radical (unpaired) electrons. The summed E-state index contributed by atoms with van der Waals surface area (Å²) in [6.45, 7) is 4.24. The summed E-state index contributed by atoms with van der Waals surface area (Å²) in [5.74, 6) is -0.104. The Kier molecular flexibility index (Phi) is 2.63. The standard InChI is InChI=1S/C13H12BrN3O2/c1-6(2)7-3-4-8-9(5-7)17-11(14)10(12(18)19)16-13(17)15-8/h3-6H,1-2H3,(H,15,16)(H,18,19). The molecule has 0 bridgehead atoms. The molecule has 3 rings (SSSR count). The van der Waals surface area contributed by atoms with Gasteiger partial charge in [0.2, 0.25) is 5.78 Å². The highest BCUT2D eigenvalue weighted by Gasteiger charge is 2.19. The molecular formula is C13H12BrN3O2. The second-order valence-electron chi connectivity index (χ2n) is 4.77. The third-order valence-electron chi connectivity index (χ3n) is 3.20. The van der Waals surface area contributed by atoms with Crippen LogP contribution in [0.2, 0.25) is 0 Å². The molecule has 98 valence electrons. The molecule has 2 aromatic heterocycles. The molecule has 0 aliphatic heterocycles. The molecule has 3 aromatic rings. The van der Waals surface area contributed by atoms with Gasteiger partial charge in [-0.15, -0.1) is 0 Å². The summed E-state index contributed by atoms with van der Waals surface area (Å²) in [6, 6.07) is 6.11. The van der Waals surface area contributed by atoms with Crippen molar-refractivity contribution >= 4 is 38.7 Å². The van der Waals surface area contributed by atoms with E-state index in [0.717, 1.165) is 11.0 Å². The fraction of sp³-hybridized carbons (Fsp3) is 0.231. The molecule has 0 unspecified atom stereocenters. The largest absolute Gasteiger partial charge is 0.476 e. The second-order valence-corrected chi connectivity index (χ2v) is 5.52. The molecule has 0 aliphatic carbocycles. The lowest BCUT2D eigenvalue weighted by molar-refractivity contribution is 0.0690. The predicted molar refractivity (Wildman–Crippen MR) is 75.8 cm³/mol. The molecule has 2 heterocycles. The van der Waals surface area contributed by atoms with Crippen molar-refractivity contribution in [2.75, 3.05) is 0 Å². The Balaban J connectivity index is 2.38. The molecule has 19 heavy (non-hydrogen) atoms. The van der Waals surface area contributed by atoms with Crippen molar-refractivity contribution < 1.29 is 9.90 Å². The van der Waals surface area contributed by atoms with E-state index in [2.05, 4.69) is 51.9 Å². The van der Waals surface area contributed by atoms with Crippen LogP contribution in [0.1, 0.15) is 35.8 Å². The first-order valence-electron chi connectivity index (χ1n) is 5.92. The number of halogens is 1. The number of aromatic nitrogens is 3. The van der Waals surface area contributed by atoms with Crippen LogP contribution >= 0.6 is 15.9 Å². The van der Waals surface area contributed by atoms with Crippen LogP contribution in [0.4, 0.5) is 0 Å². The van der Waals surface area contributed by atoms with Crippen molar-refractivity contribution in [2.45, 2.75) is 19.8 Å². The summed E-state index contributed by atoms with van der Waals surface area (Å²) < 4.78 is 2.24. The van der Waals surface area contributed by atoms with Crippen molar-refractivity contribution in [3.63, 3.8) is 0 Å². The van der Waals surface area contributed by atoms with Gasteiger partial charge in [0.1, 0.15) is 4.60 Å².